The maximum absolute atomic E-state index is 13.0. The van der Waals surface area contributed by atoms with Gasteiger partial charge in [-0.25, -0.2) is 9.78 Å². The summed E-state index contributed by atoms with van der Waals surface area (Å²) in [5.74, 6) is 0. The molecule has 7 nitrogen and oxygen atoms in total. The predicted molar refractivity (Wildman–Crippen MR) is 126 cm³/mol. The Morgan fingerprint density at radius 2 is 1.84 bits per heavy atom. The number of likely N-dealkylation sites (tertiary alicyclic amines) is 1. The lowest BCUT2D eigenvalue weighted by atomic mass is 10.0. The lowest BCUT2D eigenvalue weighted by Crippen LogP contribution is -2.54. The Morgan fingerprint density at radius 3 is 2.53 bits per heavy atom. The summed E-state index contributed by atoms with van der Waals surface area (Å²) in [6, 6.07) is 14.3. The molecule has 2 aliphatic heterocycles. The maximum atomic E-state index is 13.0. The second-order valence-corrected chi connectivity index (χ2v) is 9.50. The molecule has 32 heavy (non-hydrogen) atoms. The summed E-state index contributed by atoms with van der Waals surface area (Å²) in [7, 11) is 0. The molecule has 2 N–H and O–H groups in total. The van der Waals surface area contributed by atoms with Crippen molar-refractivity contribution < 1.29 is 4.79 Å². The summed E-state index contributed by atoms with van der Waals surface area (Å²) in [5.41, 5.74) is 5.03. The van der Waals surface area contributed by atoms with E-state index in [1.54, 1.807) is 6.07 Å². The first-order chi connectivity index (χ1) is 15.5. The van der Waals surface area contributed by atoms with Crippen LogP contribution in [0.3, 0.4) is 0 Å². The number of rotatable bonds is 3. The van der Waals surface area contributed by atoms with Crippen molar-refractivity contribution in [2.45, 2.75) is 38.8 Å². The number of thiazole rings is 1. The van der Waals surface area contributed by atoms with Crippen molar-refractivity contribution >= 4 is 22.5 Å². The molecule has 2 saturated heterocycles. The highest BCUT2D eigenvalue weighted by Gasteiger charge is 2.34. The van der Waals surface area contributed by atoms with Crippen LogP contribution in [0.5, 0.6) is 0 Å². The number of piperazine rings is 1. The largest absolute Gasteiger partial charge is 0.323 e. The Bertz CT molecular complexity index is 1200. The van der Waals surface area contributed by atoms with Gasteiger partial charge in [0, 0.05) is 42.1 Å². The molecule has 2 atom stereocenters. The number of pyridine rings is 1. The molecule has 0 aliphatic carbocycles. The van der Waals surface area contributed by atoms with Crippen LogP contribution in [-0.4, -0.2) is 46.1 Å². The van der Waals surface area contributed by atoms with E-state index >= 15 is 0 Å². The summed E-state index contributed by atoms with van der Waals surface area (Å²) >= 11 is 1.45. The molecule has 2 aromatic heterocycles. The van der Waals surface area contributed by atoms with Crippen LogP contribution in [0.1, 0.15) is 29.8 Å². The van der Waals surface area contributed by atoms with Gasteiger partial charge in [-0.15, -0.1) is 0 Å². The summed E-state index contributed by atoms with van der Waals surface area (Å²) in [6.07, 6.45) is 2.24. The van der Waals surface area contributed by atoms with E-state index in [0.717, 1.165) is 59.0 Å². The van der Waals surface area contributed by atoms with E-state index in [-0.39, 0.29) is 6.03 Å². The molecule has 5 rings (SSSR count). The molecule has 2 unspecified atom stereocenters. The van der Waals surface area contributed by atoms with Gasteiger partial charge in [0.05, 0.1) is 22.2 Å². The standard InChI is InChI=1S/C24H24N6OS/c1-14-8-18(9-15(2)26-14)22-21(17-5-3-4-16(10-17)11-25)28-23(32-22)29-24(31)30-12-19-6-7-20(13-30)27-19/h3-5,8-10,19-20,27H,6-7,12-13H2,1-2H3,(H,28,29,31). The normalized spacial score (nSPS) is 19.6. The molecular formula is C24H24N6OS. The molecule has 4 heterocycles. The molecule has 2 bridgehead atoms. The van der Waals surface area contributed by atoms with Gasteiger partial charge in [0.15, 0.2) is 5.13 Å². The molecule has 0 radical (unpaired) electrons. The predicted octanol–water partition coefficient (Wildman–Crippen LogP) is 4.33. The average molecular weight is 445 g/mol. The number of nitrogens with zero attached hydrogens (tertiary/aromatic N) is 4. The van der Waals surface area contributed by atoms with Gasteiger partial charge >= 0.3 is 6.03 Å². The van der Waals surface area contributed by atoms with Crippen molar-refractivity contribution in [3.05, 3.63) is 53.3 Å². The minimum Gasteiger partial charge on any atom is -0.321 e. The van der Waals surface area contributed by atoms with Crippen molar-refractivity contribution in [2.75, 3.05) is 18.4 Å². The van der Waals surface area contributed by atoms with Gasteiger partial charge in [0.2, 0.25) is 0 Å². The zero-order chi connectivity index (χ0) is 22.2. The fourth-order valence-corrected chi connectivity index (χ4v) is 5.56. The van der Waals surface area contributed by atoms with Gasteiger partial charge in [0.1, 0.15) is 0 Å². The summed E-state index contributed by atoms with van der Waals surface area (Å²) < 4.78 is 0. The lowest BCUT2D eigenvalue weighted by Gasteiger charge is -2.32. The number of nitriles is 1. The minimum absolute atomic E-state index is 0.108. The van der Waals surface area contributed by atoms with Crippen LogP contribution in [-0.2, 0) is 0 Å². The van der Waals surface area contributed by atoms with Gasteiger partial charge in [-0.05, 0) is 56.5 Å². The number of fused-ring (bicyclic) bond motifs is 2. The number of amides is 2. The monoisotopic (exact) mass is 444 g/mol. The van der Waals surface area contributed by atoms with Crippen LogP contribution < -0.4 is 10.6 Å². The fourth-order valence-electron chi connectivity index (χ4n) is 4.60. The quantitative estimate of drug-likeness (QED) is 0.627. The maximum Gasteiger partial charge on any atom is 0.323 e. The number of carbonyl (C=O) groups excluding carboxylic acids is 1. The Balaban J connectivity index is 1.50. The topological polar surface area (TPSA) is 93.9 Å². The number of hydrogen-bond acceptors (Lipinski definition) is 6. The molecule has 2 aliphatic rings. The molecule has 8 heteroatoms. The number of nitrogens with one attached hydrogen (secondary N) is 2. The first kappa shape index (κ1) is 20.6. The molecule has 0 spiro atoms. The SMILES string of the molecule is Cc1cc(-c2sc(NC(=O)N3CC4CCC(C3)N4)nc2-c2cccc(C#N)c2)cc(C)n1. The van der Waals surface area contributed by atoms with Crippen molar-refractivity contribution in [2.24, 2.45) is 0 Å². The van der Waals surface area contributed by atoms with E-state index in [9.17, 15) is 10.1 Å². The number of hydrogen-bond donors (Lipinski definition) is 2. The third-order valence-corrected chi connectivity index (χ3v) is 6.97. The Labute approximate surface area is 191 Å². The highest BCUT2D eigenvalue weighted by Crippen LogP contribution is 2.40. The number of aryl methyl sites for hydroxylation is 2. The van der Waals surface area contributed by atoms with E-state index in [0.29, 0.717) is 22.8 Å². The third kappa shape index (κ3) is 4.09. The van der Waals surface area contributed by atoms with Gasteiger partial charge in [-0.1, -0.05) is 23.5 Å². The van der Waals surface area contributed by atoms with E-state index in [2.05, 4.69) is 21.7 Å². The van der Waals surface area contributed by atoms with Crippen LogP contribution in [0.25, 0.3) is 21.7 Å². The fraction of sp³-hybridized carbons (Fsp3) is 0.333. The Hall–Kier alpha value is -3.28. The minimum atomic E-state index is -0.108. The average Bonchev–Trinajstić information content (AvgIpc) is 3.35. The highest BCUT2D eigenvalue weighted by molar-refractivity contribution is 7.19. The van der Waals surface area contributed by atoms with Gasteiger partial charge in [-0.2, -0.15) is 5.26 Å². The van der Waals surface area contributed by atoms with Crippen LogP contribution in [0, 0.1) is 25.2 Å². The summed E-state index contributed by atoms with van der Waals surface area (Å²) in [6.45, 7) is 5.38. The molecule has 3 aromatic rings. The van der Waals surface area contributed by atoms with Crippen molar-refractivity contribution in [3.63, 3.8) is 0 Å². The molecule has 162 valence electrons. The second-order valence-electron chi connectivity index (χ2n) is 8.50. The Kier molecular flexibility index (Phi) is 5.37. The number of aromatic nitrogens is 2. The number of anilines is 1. The van der Waals surface area contributed by atoms with Crippen LogP contribution >= 0.6 is 11.3 Å². The third-order valence-electron chi connectivity index (χ3n) is 5.95. The molecule has 2 amide bonds. The summed E-state index contributed by atoms with van der Waals surface area (Å²) in [5, 5.41) is 16.5. The Morgan fingerprint density at radius 1 is 1.12 bits per heavy atom. The van der Waals surface area contributed by atoms with Crippen molar-refractivity contribution in [1.82, 2.24) is 20.2 Å². The van der Waals surface area contributed by atoms with Crippen LogP contribution in [0.4, 0.5) is 9.93 Å². The molecule has 0 saturated carbocycles. The zero-order valence-electron chi connectivity index (χ0n) is 18.1. The number of urea groups is 1. The zero-order valence-corrected chi connectivity index (χ0v) is 18.9. The van der Waals surface area contributed by atoms with E-state index in [1.807, 2.05) is 49.1 Å². The smallest absolute Gasteiger partial charge is 0.321 e. The van der Waals surface area contributed by atoms with Crippen LogP contribution in [0.15, 0.2) is 36.4 Å². The lowest BCUT2D eigenvalue weighted by molar-refractivity contribution is 0.188. The van der Waals surface area contributed by atoms with Gasteiger partial charge < -0.3 is 10.2 Å². The summed E-state index contributed by atoms with van der Waals surface area (Å²) in [4.78, 5) is 25.1. The van der Waals surface area contributed by atoms with Crippen molar-refractivity contribution in [3.8, 4) is 27.8 Å². The first-order valence-corrected chi connectivity index (χ1v) is 11.6. The van der Waals surface area contributed by atoms with Gasteiger partial charge in [0.25, 0.3) is 0 Å². The number of carbonyl (C=O) groups is 1. The molecular weight excluding hydrogens is 420 g/mol. The van der Waals surface area contributed by atoms with Crippen LogP contribution in [0.2, 0.25) is 0 Å². The highest BCUT2D eigenvalue weighted by atomic mass is 32.1. The van der Waals surface area contributed by atoms with Gasteiger partial charge in [-0.3, -0.25) is 10.3 Å². The second kappa shape index (κ2) is 8.34. The van der Waals surface area contributed by atoms with E-state index < -0.39 is 0 Å². The number of benzene rings is 1. The molecule has 1 aromatic carbocycles. The first-order valence-electron chi connectivity index (χ1n) is 10.8. The van der Waals surface area contributed by atoms with E-state index in [4.69, 9.17) is 4.98 Å². The molecule has 2 fully saturated rings. The van der Waals surface area contributed by atoms with Crippen molar-refractivity contribution in [1.29, 1.82) is 5.26 Å². The van der Waals surface area contributed by atoms with E-state index in [1.165, 1.54) is 11.3 Å².